The first kappa shape index (κ1) is 16.0. The third-order valence-corrected chi connectivity index (χ3v) is 3.83. The number of hydrogen-bond donors (Lipinski definition) is 0. The van der Waals surface area contributed by atoms with E-state index in [2.05, 4.69) is 17.9 Å². The van der Waals surface area contributed by atoms with E-state index in [1.165, 1.54) is 12.1 Å². The van der Waals surface area contributed by atoms with E-state index in [-0.39, 0.29) is 16.7 Å². The van der Waals surface area contributed by atoms with Crippen LogP contribution in [0.25, 0.3) is 0 Å². The lowest BCUT2D eigenvalue weighted by molar-refractivity contribution is -0.384. The zero-order valence-corrected chi connectivity index (χ0v) is 13.0. The van der Waals surface area contributed by atoms with Crippen LogP contribution in [0, 0.1) is 10.1 Å². The molecule has 0 radical (unpaired) electrons. The molecule has 0 saturated heterocycles. The number of non-ortho nitro benzene ring substituents is 1. The molecule has 0 aromatic heterocycles. The summed E-state index contributed by atoms with van der Waals surface area (Å²) in [5.41, 5.74) is 2.27. The van der Waals surface area contributed by atoms with Crippen molar-refractivity contribution in [2.24, 2.45) is 0 Å². The summed E-state index contributed by atoms with van der Waals surface area (Å²) in [7, 11) is 3.69. The normalized spacial score (nSPS) is 12.2. The van der Waals surface area contributed by atoms with Crippen molar-refractivity contribution in [3.63, 3.8) is 0 Å². The van der Waals surface area contributed by atoms with E-state index >= 15 is 0 Å². The molecule has 0 fully saturated rings. The molecule has 1 atom stereocenters. The Hall–Kier alpha value is -2.40. The Kier molecular flexibility index (Phi) is 5.12. The number of methoxy groups -OCH3 is 1. The Morgan fingerprint density at radius 1 is 1.18 bits per heavy atom. The summed E-state index contributed by atoms with van der Waals surface area (Å²) in [6.07, 6.45) is 0. The molecule has 0 bridgehead atoms. The third kappa shape index (κ3) is 3.62. The van der Waals surface area contributed by atoms with Crippen LogP contribution in [0.4, 0.5) is 5.69 Å². The van der Waals surface area contributed by atoms with Gasteiger partial charge >= 0.3 is 0 Å². The highest BCUT2D eigenvalue weighted by Gasteiger charge is 2.16. The van der Waals surface area contributed by atoms with Gasteiger partial charge in [-0.3, -0.25) is 15.0 Å². The van der Waals surface area contributed by atoms with Crippen LogP contribution in [0.1, 0.15) is 24.1 Å². The fraction of sp³-hybridized carbons (Fsp3) is 0.294. The molecule has 2 rings (SSSR count). The average Bonchev–Trinajstić information content (AvgIpc) is 2.54. The standard InChI is InChI=1S/C17H20N2O3/c1-13(16-6-4-5-7-17(16)22-3)18(2)12-14-8-10-15(11-9-14)19(20)21/h4-11,13H,12H2,1-3H3. The fourth-order valence-corrected chi connectivity index (χ4v) is 2.40. The molecule has 116 valence electrons. The maximum absolute atomic E-state index is 10.7. The molecule has 1 unspecified atom stereocenters. The van der Waals surface area contributed by atoms with Gasteiger partial charge in [0.1, 0.15) is 5.75 Å². The van der Waals surface area contributed by atoms with Gasteiger partial charge in [-0.25, -0.2) is 0 Å². The van der Waals surface area contributed by atoms with E-state index in [0.29, 0.717) is 6.54 Å². The number of nitro benzene ring substituents is 1. The topological polar surface area (TPSA) is 55.6 Å². The van der Waals surface area contributed by atoms with Crippen LogP contribution in [0.5, 0.6) is 5.75 Å². The van der Waals surface area contributed by atoms with Gasteiger partial charge in [0.25, 0.3) is 5.69 Å². The molecule has 0 amide bonds. The van der Waals surface area contributed by atoms with Crippen molar-refractivity contribution in [3.05, 3.63) is 69.8 Å². The Labute approximate surface area is 130 Å². The van der Waals surface area contributed by atoms with Crippen molar-refractivity contribution >= 4 is 5.69 Å². The van der Waals surface area contributed by atoms with Gasteiger partial charge in [0.15, 0.2) is 0 Å². The number of nitro groups is 1. The summed E-state index contributed by atoms with van der Waals surface area (Å²) in [5, 5.41) is 10.7. The van der Waals surface area contributed by atoms with Crippen LogP contribution in [0.2, 0.25) is 0 Å². The van der Waals surface area contributed by atoms with Crippen LogP contribution in [0.15, 0.2) is 48.5 Å². The average molecular weight is 300 g/mol. The number of benzene rings is 2. The Morgan fingerprint density at radius 3 is 2.41 bits per heavy atom. The molecular weight excluding hydrogens is 280 g/mol. The minimum absolute atomic E-state index is 0.115. The van der Waals surface area contributed by atoms with E-state index in [1.807, 2.05) is 25.2 Å². The lowest BCUT2D eigenvalue weighted by atomic mass is 10.1. The van der Waals surface area contributed by atoms with Crippen LogP contribution >= 0.6 is 0 Å². The molecule has 2 aromatic carbocycles. The van der Waals surface area contributed by atoms with Crippen LogP contribution in [0.3, 0.4) is 0 Å². The van der Waals surface area contributed by atoms with Gasteiger partial charge in [0.05, 0.1) is 12.0 Å². The number of ether oxygens (including phenoxy) is 1. The largest absolute Gasteiger partial charge is 0.496 e. The number of rotatable bonds is 6. The first-order valence-corrected chi connectivity index (χ1v) is 7.09. The lowest BCUT2D eigenvalue weighted by Gasteiger charge is -2.26. The van der Waals surface area contributed by atoms with Gasteiger partial charge in [-0.2, -0.15) is 0 Å². The summed E-state index contributed by atoms with van der Waals surface area (Å²) in [4.78, 5) is 12.5. The maximum atomic E-state index is 10.7. The van der Waals surface area contributed by atoms with Crippen molar-refractivity contribution in [3.8, 4) is 5.75 Å². The van der Waals surface area contributed by atoms with Crippen LogP contribution in [-0.2, 0) is 6.54 Å². The SMILES string of the molecule is COc1ccccc1C(C)N(C)Cc1ccc([N+](=O)[O-])cc1. The summed E-state index contributed by atoms with van der Waals surface area (Å²) >= 11 is 0. The summed E-state index contributed by atoms with van der Waals surface area (Å²) in [6.45, 7) is 2.82. The molecule has 5 heteroatoms. The molecule has 0 heterocycles. The molecule has 0 spiro atoms. The van der Waals surface area contributed by atoms with E-state index in [9.17, 15) is 10.1 Å². The lowest BCUT2D eigenvalue weighted by Crippen LogP contribution is -2.22. The first-order chi connectivity index (χ1) is 10.5. The van der Waals surface area contributed by atoms with E-state index in [0.717, 1.165) is 16.9 Å². The minimum atomic E-state index is -0.384. The van der Waals surface area contributed by atoms with Gasteiger partial charge in [0, 0.05) is 30.3 Å². The van der Waals surface area contributed by atoms with E-state index in [4.69, 9.17) is 4.74 Å². The van der Waals surface area contributed by atoms with Crippen LogP contribution < -0.4 is 4.74 Å². The Morgan fingerprint density at radius 2 is 1.82 bits per heavy atom. The van der Waals surface area contributed by atoms with Crippen LogP contribution in [-0.4, -0.2) is 24.0 Å². The molecule has 0 aliphatic carbocycles. The molecule has 0 N–H and O–H groups in total. The molecule has 22 heavy (non-hydrogen) atoms. The van der Waals surface area contributed by atoms with Crippen molar-refractivity contribution in [2.75, 3.05) is 14.2 Å². The highest BCUT2D eigenvalue weighted by molar-refractivity contribution is 5.36. The Balaban J connectivity index is 2.10. The predicted molar refractivity (Wildman–Crippen MR) is 86.0 cm³/mol. The molecule has 0 saturated carbocycles. The van der Waals surface area contributed by atoms with Crippen molar-refractivity contribution in [1.29, 1.82) is 0 Å². The smallest absolute Gasteiger partial charge is 0.269 e. The van der Waals surface area contributed by atoms with Gasteiger partial charge in [-0.05, 0) is 25.6 Å². The maximum Gasteiger partial charge on any atom is 0.269 e. The summed E-state index contributed by atoms with van der Waals surface area (Å²) in [6, 6.07) is 14.8. The Bertz CT molecular complexity index is 641. The molecule has 0 aliphatic heterocycles. The van der Waals surface area contributed by atoms with Gasteiger partial charge in [0.2, 0.25) is 0 Å². The zero-order chi connectivity index (χ0) is 16.1. The predicted octanol–water partition coefficient (Wildman–Crippen LogP) is 3.80. The molecule has 2 aromatic rings. The van der Waals surface area contributed by atoms with Gasteiger partial charge in [-0.15, -0.1) is 0 Å². The second kappa shape index (κ2) is 7.04. The minimum Gasteiger partial charge on any atom is -0.496 e. The van der Waals surface area contributed by atoms with Crippen molar-refractivity contribution < 1.29 is 9.66 Å². The van der Waals surface area contributed by atoms with E-state index < -0.39 is 0 Å². The zero-order valence-electron chi connectivity index (χ0n) is 13.0. The monoisotopic (exact) mass is 300 g/mol. The van der Waals surface area contributed by atoms with Crippen molar-refractivity contribution in [2.45, 2.75) is 19.5 Å². The second-order valence-corrected chi connectivity index (χ2v) is 5.26. The second-order valence-electron chi connectivity index (χ2n) is 5.26. The van der Waals surface area contributed by atoms with Gasteiger partial charge < -0.3 is 4.74 Å². The molecular formula is C17H20N2O3. The number of para-hydroxylation sites is 1. The third-order valence-electron chi connectivity index (χ3n) is 3.83. The fourth-order valence-electron chi connectivity index (χ4n) is 2.40. The summed E-state index contributed by atoms with van der Waals surface area (Å²) < 4.78 is 5.41. The highest BCUT2D eigenvalue weighted by atomic mass is 16.6. The van der Waals surface area contributed by atoms with E-state index in [1.54, 1.807) is 19.2 Å². The van der Waals surface area contributed by atoms with Crippen molar-refractivity contribution in [1.82, 2.24) is 4.90 Å². The quantitative estimate of drug-likeness (QED) is 0.601. The highest BCUT2D eigenvalue weighted by Crippen LogP contribution is 2.29. The first-order valence-electron chi connectivity index (χ1n) is 7.09. The summed E-state index contributed by atoms with van der Waals surface area (Å²) in [5.74, 6) is 0.866. The molecule has 0 aliphatic rings. The number of nitrogens with zero attached hydrogens (tertiary/aromatic N) is 2. The molecule has 5 nitrogen and oxygen atoms in total. The van der Waals surface area contributed by atoms with Gasteiger partial charge in [-0.1, -0.05) is 30.3 Å². The number of hydrogen-bond acceptors (Lipinski definition) is 4.